The third-order valence-corrected chi connectivity index (χ3v) is 3.78. The van der Waals surface area contributed by atoms with Gasteiger partial charge in [0.15, 0.2) is 12.4 Å². The zero-order chi connectivity index (χ0) is 18.5. The highest BCUT2D eigenvalue weighted by molar-refractivity contribution is 6.30. The van der Waals surface area contributed by atoms with E-state index < -0.39 is 5.97 Å². The standard InChI is InChI=1S/C20H15ClO5/c1-2-9-24-19(22)12-25-15-7-8-16-17(11-15)26-18(20(16)23)10-13-3-5-14(21)6-4-13/h2-8,10-11H,1,9,12H2/b18-10-. The zero-order valence-corrected chi connectivity index (χ0v) is 14.5. The summed E-state index contributed by atoms with van der Waals surface area (Å²) in [5.74, 6) is 0.273. The first-order valence-corrected chi connectivity index (χ1v) is 8.18. The Kier molecular flexibility index (Phi) is 5.39. The molecule has 0 amide bonds. The summed E-state index contributed by atoms with van der Waals surface area (Å²) in [5, 5.41) is 0.613. The number of fused-ring (bicyclic) bond motifs is 1. The van der Waals surface area contributed by atoms with Crippen LogP contribution < -0.4 is 9.47 Å². The number of Topliss-reactive ketones (excluding diaryl/α,β-unsaturated/α-hetero) is 1. The second-order valence-electron chi connectivity index (χ2n) is 5.41. The Morgan fingerprint density at radius 2 is 1.96 bits per heavy atom. The predicted molar refractivity (Wildman–Crippen MR) is 97.5 cm³/mol. The average Bonchev–Trinajstić information content (AvgIpc) is 2.95. The molecule has 0 saturated heterocycles. The first kappa shape index (κ1) is 17.8. The van der Waals surface area contributed by atoms with Crippen molar-refractivity contribution in [3.63, 3.8) is 0 Å². The summed E-state index contributed by atoms with van der Waals surface area (Å²) >= 11 is 5.86. The van der Waals surface area contributed by atoms with E-state index in [0.29, 0.717) is 22.1 Å². The lowest BCUT2D eigenvalue weighted by Gasteiger charge is -2.06. The maximum absolute atomic E-state index is 12.4. The minimum absolute atomic E-state index is 0.128. The van der Waals surface area contributed by atoms with Crippen LogP contribution in [-0.2, 0) is 9.53 Å². The number of halogens is 1. The van der Waals surface area contributed by atoms with Gasteiger partial charge in [0.2, 0.25) is 5.78 Å². The fourth-order valence-electron chi connectivity index (χ4n) is 2.30. The molecule has 6 heteroatoms. The minimum Gasteiger partial charge on any atom is -0.482 e. The summed E-state index contributed by atoms with van der Waals surface area (Å²) in [4.78, 5) is 23.9. The van der Waals surface area contributed by atoms with E-state index in [9.17, 15) is 9.59 Å². The second kappa shape index (κ2) is 7.89. The van der Waals surface area contributed by atoms with E-state index in [2.05, 4.69) is 6.58 Å². The molecule has 0 aliphatic carbocycles. The molecule has 1 aliphatic rings. The predicted octanol–water partition coefficient (Wildman–Crippen LogP) is 4.06. The molecule has 0 unspecified atom stereocenters. The molecule has 0 saturated carbocycles. The lowest BCUT2D eigenvalue weighted by atomic mass is 10.1. The summed E-state index contributed by atoms with van der Waals surface area (Å²) in [6.07, 6.45) is 3.12. The summed E-state index contributed by atoms with van der Waals surface area (Å²) in [6.45, 7) is 3.35. The van der Waals surface area contributed by atoms with Gasteiger partial charge in [0.1, 0.15) is 18.1 Å². The normalized spacial score (nSPS) is 13.9. The molecule has 0 spiro atoms. The summed E-state index contributed by atoms with van der Waals surface area (Å²) < 4.78 is 15.8. The summed E-state index contributed by atoms with van der Waals surface area (Å²) in [7, 11) is 0. The van der Waals surface area contributed by atoms with Gasteiger partial charge in [-0.3, -0.25) is 4.79 Å². The van der Waals surface area contributed by atoms with E-state index in [1.807, 2.05) is 0 Å². The third-order valence-electron chi connectivity index (χ3n) is 3.53. The van der Waals surface area contributed by atoms with Crippen molar-refractivity contribution in [2.45, 2.75) is 0 Å². The molecule has 0 fully saturated rings. The Bertz CT molecular complexity index is 884. The van der Waals surface area contributed by atoms with Crippen molar-refractivity contribution >= 4 is 29.4 Å². The number of hydrogen-bond donors (Lipinski definition) is 0. The van der Waals surface area contributed by atoms with Crippen LogP contribution in [0, 0.1) is 0 Å². The lowest BCUT2D eigenvalue weighted by molar-refractivity contribution is -0.144. The number of benzene rings is 2. The first-order chi connectivity index (χ1) is 12.6. The Morgan fingerprint density at radius 3 is 2.69 bits per heavy atom. The first-order valence-electron chi connectivity index (χ1n) is 7.80. The number of hydrogen-bond acceptors (Lipinski definition) is 5. The van der Waals surface area contributed by atoms with Gasteiger partial charge in [-0.2, -0.15) is 0 Å². The fraction of sp³-hybridized carbons (Fsp3) is 0.100. The van der Waals surface area contributed by atoms with Gasteiger partial charge in [-0.05, 0) is 35.9 Å². The molecule has 1 aliphatic heterocycles. The van der Waals surface area contributed by atoms with Gasteiger partial charge in [-0.25, -0.2) is 4.79 Å². The molecule has 2 aromatic rings. The van der Waals surface area contributed by atoms with Crippen LogP contribution in [0.4, 0.5) is 0 Å². The number of esters is 1. The van der Waals surface area contributed by atoms with Crippen LogP contribution in [0.5, 0.6) is 11.5 Å². The van der Waals surface area contributed by atoms with Crippen LogP contribution in [-0.4, -0.2) is 25.0 Å². The average molecular weight is 371 g/mol. The Balaban J connectivity index is 1.70. The van der Waals surface area contributed by atoms with Crippen LogP contribution in [0.3, 0.4) is 0 Å². The van der Waals surface area contributed by atoms with Crippen molar-refractivity contribution in [3.05, 3.63) is 77.0 Å². The number of carbonyl (C=O) groups is 2. The molecule has 0 N–H and O–H groups in total. The molecule has 0 aromatic heterocycles. The van der Waals surface area contributed by atoms with Crippen LogP contribution in [0.15, 0.2) is 60.9 Å². The molecule has 0 bridgehead atoms. The molecule has 1 heterocycles. The Labute approximate surface area is 155 Å². The van der Waals surface area contributed by atoms with Gasteiger partial charge < -0.3 is 14.2 Å². The Hall–Kier alpha value is -3.05. The number of rotatable bonds is 6. The molecule has 2 aromatic carbocycles. The molecule has 3 rings (SSSR count). The van der Waals surface area contributed by atoms with E-state index in [-0.39, 0.29) is 24.8 Å². The van der Waals surface area contributed by atoms with Gasteiger partial charge in [-0.1, -0.05) is 36.4 Å². The summed E-state index contributed by atoms with van der Waals surface area (Å²) in [5.41, 5.74) is 1.23. The molecular formula is C20H15ClO5. The topological polar surface area (TPSA) is 61.8 Å². The molecular weight excluding hydrogens is 356 g/mol. The van der Waals surface area contributed by atoms with E-state index in [1.165, 1.54) is 6.08 Å². The van der Waals surface area contributed by atoms with Gasteiger partial charge in [0.05, 0.1) is 5.56 Å². The lowest BCUT2D eigenvalue weighted by Crippen LogP contribution is -2.14. The third kappa shape index (κ3) is 4.13. The highest BCUT2D eigenvalue weighted by atomic mass is 35.5. The van der Waals surface area contributed by atoms with Crippen LogP contribution in [0.1, 0.15) is 15.9 Å². The van der Waals surface area contributed by atoms with Gasteiger partial charge in [0, 0.05) is 11.1 Å². The van der Waals surface area contributed by atoms with Gasteiger partial charge in [-0.15, -0.1) is 0 Å². The zero-order valence-electron chi connectivity index (χ0n) is 13.7. The SMILES string of the molecule is C=CCOC(=O)COc1ccc2c(c1)O/C(=C\c1ccc(Cl)cc1)C2=O. The monoisotopic (exact) mass is 370 g/mol. The smallest absolute Gasteiger partial charge is 0.344 e. The number of ketones is 1. The molecule has 132 valence electrons. The largest absolute Gasteiger partial charge is 0.482 e. The quantitative estimate of drug-likeness (QED) is 0.436. The van der Waals surface area contributed by atoms with Crippen LogP contribution >= 0.6 is 11.6 Å². The van der Waals surface area contributed by atoms with E-state index in [0.717, 1.165) is 5.56 Å². The number of allylic oxidation sites excluding steroid dienone is 1. The highest BCUT2D eigenvalue weighted by Gasteiger charge is 2.27. The highest BCUT2D eigenvalue weighted by Crippen LogP contribution is 2.34. The van der Waals surface area contributed by atoms with E-state index >= 15 is 0 Å². The fourth-order valence-corrected chi connectivity index (χ4v) is 2.43. The van der Waals surface area contributed by atoms with E-state index in [1.54, 1.807) is 48.5 Å². The van der Waals surface area contributed by atoms with Crippen molar-refractivity contribution in [1.82, 2.24) is 0 Å². The summed E-state index contributed by atoms with van der Waals surface area (Å²) in [6, 6.07) is 11.8. The van der Waals surface area contributed by atoms with Gasteiger partial charge >= 0.3 is 5.97 Å². The minimum atomic E-state index is -0.509. The van der Waals surface area contributed by atoms with Crippen LogP contribution in [0.25, 0.3) is 6.08 Å². The molecule has 26 heavy (non-hydrogen) atoms. The molecule has 0 radical (unpaired) electrons. The van der Waals surface area contributed by atoms with Crippen molar-refractivity contribution < 1.29 is 23.8 Å². The molecule has 0 atom stereocenters. The van der Waals surface area contributed by atoms with Crippen LogP contribution in [0.2, 0.25) is 5.02 Å². The van der Waals surface area contributed by atoms with Gasteiger partial charge in [0.25, 0.3) is 0 Å². The maximum Gasteiger partial charge on any atom is 0.344 e. The Morgan fingerprint density at radius 1 is 1.19 bits per heavy atom. The van der Waals surface area contributed by atoms with E-state index in [4.69, 9.17) is 25.8 Å². The van der Waals surface area contributed by atoms with Crippen molar-refractivity contribution in [2.75, 3.05) is 13.2 Å². The maximum atomic E-state index is 12.4. The number of ether oxygens (including phenoxy) is 3. The molecule has 5 nitrogen and oxygen atoms in total. The van der Waals surface area contributed by atoms with Crippen molar-refractivity contribution in [3.8, 4) is 11.5 Å². The van der Waals surface area contributed by atoms with Crippen molar-refractivity contribution in [1.29, 1.82) is 0 Å². The number of carbonyl (C=O) groups excluding carboxylic acids is 2. The van der Waals surface area contributed by atoms with Crippen molar-refractivity contribution in [2.24, 2.45) is 0 Å². The second-order valence-corrected chi connectivity index (χ2v) is 5.85.